The van der Waals surface area contributed by atoms with E-state index in [0.717, 1.165) is 4.90 Å². The summed E-state index contributed by atoms with van der Waals surface area (Å²) < 4.78 is 0. The number of hydrogen-bond acceptors (Lipinski definition) is 4. The topological polar surface area (TPSA) is 101 Å². The first kappa shape index (κ1) is 10.9. The molecule has 0 unspecified atom stereocenters. The first-order chi connectivity index (χ1) is 5.56. The Kier molecular flexibility index (Phi) is 4.98. The van der Waals surface area contributed by atoms with Crippen LogP contribution in [0.5, 0.6) is 0 Å². The molecule has 69 valence electrons. The van der Waals surface area contributed by atoms with Gasteiger partial charge < -0.3 is 15.3 Å². The van der Waals surface area contributed by atoms with E-state index in [9.17, 15) is 9.59 Å². The van der Waals surface area contributed by atoms with E-state index in [1.54, 1.807) is 0 Å². The number of carbonyl (C=O) groups is 2. The summed E-state index contributed by atoms with van der Waals surface area (Å²) >= 11 is 0. The van der Waals surface area contributed by atoms with Crippen LogP contribution in [0.25, 0.3) is 0 Å². The molecular formula is C6H11NO5+. The van der Waals surface area contributed by atoms with Gasteiger partial charge in [0.2, 0.25) is 13.1 Å². The molecular weight excluding hydrogens is 166 g/mol. The van der Waals surface area contributed by atoms with Crippen LogP contribution >= 0.6 is 0 Å². The predicted molar refractivity (Wildman–Crippen MR) is 39.1 cm³/mol. The van der Waals surface area contributed by atoms with Crippen molar-refractivity contribution in [1.29, 1.82) is 0 Å². The maximum absolute atomic E-state index is 10.1. The van der Waals surface area contributed by atoms with Crippen molar-refractivity contribution < 1.29 is 24.9 Å². The highest BCUT2D eigenvalue weighted by Crippen LogP contribution is 1.82. The SMILES string of the molecule is O=C(O)C[N+](CCO)CC(=O)O. The second-order valence-electron chi connectivity index (χ2n) is 2.22. The summed E-state index contributed by atoms with van der Waals surface area (Å²) in [5, 5.41) is 25.0. The molecule has 6 nitrogen and oxygen atoms in total. The molecule has 0 fully saturated rings. The minimum Gasteiger partial charge on any atom is -0.477 e. The lowest BCUT2D eigenvalue weighted by atomic mass is 10.4. The average Bonchev–Trinajstić information content (AvgIpc) is 1.84. The minimum atomic E-state index is -1.11. The Morgan fingerprint density at radius 1 is 1.08 bits per heavy atom. The van der Waals surface area contributed by atoms with Crippen molar-refractivity contribution in [3.63, 3.8) is 0 Å². The molecule has 12 heavy (non-hydrogen) atoms. The lowest BCUT2D eigenvalue weighted by molar-refractivity contribution is -0.139. The molecule has 0 bridgehead atoms. The molecule has 3 N–H and O–H groups in total. The van der Waals surface area contributed by atoms with Crippen molar-refractivity contribution in [1.82, 2.24) is 4.90 Å². The van der Waals surface area contributed by atoms with E-state index in [-0.39, 0.29) is 26.2 Å². The van der Waals surface area contributed by atoms with E-state index in [1.807, 2.05) is 0 Å². The monoisotopic (exact) mass is 177 g/mol. The Bertz CT molecular complexity index is 153. The summed E-state index contributed by atoms with van der Waals surface area (Å²) in [5.74, 6) is -2.21. The number of rotatable bonds is 6. The van der Waals surface area contributed by atoms with Gasteiger partial charge in [0.15, 0.2) is 0 Å². The number of aliphatic hydroxyl groups excluding tert-OH is 1. The third-order valence-corrected chi connectivity index (χ3v) is 1.13. The van der Waals surface area contributed by atoms with Crippen molar-refractivity contribution in [2.75, 3.05) is 26.2 Å². The van der Waals surface area contributed by atoms with Gasteiger partial charge >= 0.3 is 11.9 Å². The molecule has 0 aliphatic heterocycles. The second kappa shape index (κ2) is 5.50. The fourth-order valence-electron chi connectivity index (χ4n) is 0.738. The highest BCUT2D eigenvalue weighted by molar-refractivity contribution is 5.73. The minimum absolute atomic E-state index is 0.0542. The third kappa shape index (κ3) is 5.63. The molecule has 0 aliphatic carbocycles. The van der Waals surface area contributed by atoms with Crippen molar-refractivity contribution in [2.24, 2.45) is 0 Å². The van der Waals surface area contributed by atoms with Gasteiger partial charge in [-0.05, 0) is 0 Å². The van der Waals surface area contributed by atoms with Gasteiger partial charge in [-0.1, -0.05) is 0 Å². The summed E-state index contributed by atoms with van der Waals surface area (Å²) in [4.78, 5) is 21.4. The molecule has 0 aromatic heterocycles. The number of aliphatic carboxylic acids is 2. The van der Waals surface area contributed by atoms with Crippen LogP contribution < -0.4 is 4.90 Å². The van der Waals surface area contributed by atoms with Crippen molar-refractivity contribution in [3.8, 4) is 0 Å². The predicted octanol–water partition coefficient (Wildman–Crippen LogP) is -1.71. The lowest BCUT2D eigenvalue weighted by Gasteiger charge is -2.05. The number of carboxylic acid groups (broad SMARTS) is 2. The first-order valence-corrected chi connectivity index (χ1v) is 3.33. The molecule has 0 saturated heterocycles. The molecule has 0 amide bonds. The van der Waals surface area contributed by atoms with Gasteiger partial charge in [0, 0.05) is 0 Å². The third-order valence-electron chi connectivity index (χ3n) is 1.13. The number of carboxylic acids is 2. The van der Waals surface area contributed by atoms with Crippen LogP contribution in [0.1, 0.15) is 0 Å². The molecule has 0 heterocycles. The standard InChI is InChI=1S/C6H11NO5/c8-2-1-7(3-5(9)10)4-6(11)12/h8H,1-4H2,(H,9,10)(H,11,12)/q+1. The Balaban J connectivity index is 3.85. The first-order valence-electron chi connectivity index (χ1n) is 3.33. The Hall–Kier alpha value is -1.14. The van der Waals surface area contributed by atoms with Crippen LogP contribution in [0.15, 0.2) is 0 Å². The fraction of sp³-hybridized carbons (Fsp3) is 0.667. The van der Waals surface area contributed by atoms with Gasteiger partial charge in [-0.15, -0.1) is 4.90 Å². The zero-order valence-electron chi connectivity index (χ0n) is 6.43. The lowest BCUT2D eigenvalue weighted by Crippen LogP contribution is -2.41. The highest BCUT2D eigenvalue weighted by atomic mass is 16.4. The van der Waals surface area contributed by atoms with E-state index in [0.29, 0.717) is 0 Å². The molecule has 0 rings (SSSR count). The van der Waals surface area contributed by atoms with E-state index in [4.69, 9.17) is 15.3 Å². The molecule has 0 saturated carbocycles. The van der Waals surface area contributed by atoms with E-state index < -0.39 is 11.9 Å². The van der Waals surface area contributed by atoms with Crippen LogP contribution in [0.3, 0.4) is 0 Å². The highest BCUT2D eigenvalue weighted by Gasteiger charge is 2.21. The summed E-state index contributed by atoms with van der Waals surface area (Å²) in [6, 6.07) is 0. The molecule has 1 radical (unpaired) electrons. The molecule has 0 aromatic rings. The maximum Gasteiger partial charge on any atom is 0.364 e. The average molecular weight is 177 g/mol. The molecule has 0 atom stereocenters. The van der Waals surface area contributed by atoms with E-state index in [1.165, 1.54) is 0 Å². The van der Waals surface area contributed by atoms with Crippen LogP contribution in [0.4, 0.5) is 0 Å². The van der Waals surface area contributed by atoms with Crippen molar-refractivity contribution in [3.05, 3.63) is 0 Å². The van der Waals surface area contributed by atoms with E-state index in [2.05, 4.69) is 0 Å². The van der Waals surface area contributed by atoms with E-state index >= 15 is 0 Å². The van der Waals surface area contributed by atoms with Crippen LogP contribution in [-0.4, -0.2) is 53.5 Å². The van der Waals surface area contributed by atoms with Gasteiger partial charge in [-0.2, -0.15) is 0 Å². The maximum atomic E-state index is 10.1. The Morgan fingerprint density at radius 3 is 1.75 bits per heavy atom. The molecule has 0 spiro atoms. The van der Waals surface area contributed by atoms with Crippen molar-refractivity contribution in [2.45, 2.75) is 0 Å². The van der Waals surface area contributed by atoms with Crippen LogP contribution in [-0.2, 0) is 9.59 Å². The summed E-state index contributed by atoms with van der Waals surface area (Å²) in [6.07, 6.45) is 0. The smallest absolute Gasteiger partial charge is 0.364 e. The van der Waals surface area contributed by atoms with Gasteiger partial charge in [0.25, 0.3) is 0 Å². The van der Waals surface area contributed by atoms with Gasteiger partial charge in [-0.3, -0.25) is 0 Å². The second-order valence-corrected chi connectivity index (χ2v) is 2.22. The summed E-state index contributed by atoms with van der Waals surface area (Å²) in [7, 11) is 0. The number of hydrogen-bond donors (Lipinski definition) is 3. The van der Waals surface area contributed by atoms with Crippen LogP contribution in [0, 0.1) is 0 Å². The van der Waals surface area contributed by atoms with Gasteiger partial charge in [-0.25, -0.2) is 9.59 Å². The molecule has 0 aromatic carbocycles. The fourth-order valence-corrected chi connectivity index (χ4v) is 0.738. The zero-order valence-corrected chi connectivity index (χ0v) is 6.43. The largest absolute Gasteiger partial charge is 0.477 e. The van der Waals surface area contributed by atoms with Crippen LogP contribution in [0.2, 0.25) is 0 Å². The van der Waals surface area contributed by atoms with Gasteiger partial charge in [0.1, 0.15) is 6.54 Å². The summed E-state index contributed by atoms with van der Waals surface area (Å²) in [5.41, 5.74) is 0. The molecule has 0 aliphatic rings. The number of nitrogens with zero attached hydrogens (tertiary/aromatic N) is 1. The quantitative estimate of drug-likeness (QED) is 0.419. The van der Waals surface area contributed by atoms with Gasteiger partial charge in [0.05, 0.1) is 6.61 Å². The number of aliphatic hydroxyl groups is 1. The Labute approximate surface area is 69.0 Å². The molecule has 6 heteroatoms. The van der Waals surface area contributed by atoms with Crippen molar-refractivity contribution >= 4 is 11.9 Å². The zero-order chi connectivity index (χ0) is 9.56. The Morgan fingerprint density at radius 2 is 1.50 bits per heavy atom. The normalized spacial score (nSPS) is 10.2. The summed E-state index contributed by atoms with van der Waals surface area (Å²) in [6.45, 7) is -0.932.